The molecule has 11 heteroatoms. The molecular formula is C23H21N3O7S. The molecule has 1 heterocycles. The molecule has 0 aliphatic rings. The topological polar surface area (TPSA) is 142 Å². The summed E-state index contributed by atoms with van der Waals surface area (Å²) in [6.45, 7) is 6.92. The van der Waals surface area contributed by atoms with Gasteiger partial charge in [-0.3, -0.25) is 25.0 Å². The van der Waals surface area contributed by atoms with Gasteiger partial charge < -0.3 is 10.1 Å². The lowest BCUT2D eigenvalue weighted by molar-refractivity contribution is -0.395. The van der Waals surface area contributed by atoms with Crippen molar-refractivity contribution in [1.82, 2.24) is 0 Å². The summed E-state index contributed by atoms with van der Waals surface area (Å²) in [5.41, 5.74) is 2.01. The SMILES string of the molecule is CCOC(=O)c1c(-c2ccc(C)c(C)c2)csc1NC(=O)c1cc([N+](=O)[O-])c(C)c([N+](=O)[O-])c1. The molecule has 0 aliphatic carbocycles. The van der Waals surface area contributed by atoms with E-state index < -0.39 is 33.1 Å². The van der Waals surface area contributed by atoms with E-state index in [4.69, 9.17) is 4.74 Å². The first kappa shape index (κ1) is 24.5. The van der Waals surface area contributed by atoms with Crippen molar-refractivity contribution in [1.29, 1.82) is 0 Å². The highest BCUT2D eigenvalue weighted by atomic mass is 32.1. The third-order valence-electron chi connectivity index (χ3n) is 5.32. The van der Waals surface area contributed by atoms with E-state index in [1.807, 2.05) is 32.0 Å². The number of hydrogen-bond donors (Lipinski definition) is 1. The molecule has 10 nitrogen and oxygen atoms in total. The number of hydrogen-bond acceptors (Lipinski definition) is 8. The number of nitrogens with zero attached hydrogens (tertiary/aromatic N) is 2. The van der Waals surface area contributed by atoms with E-state index in [9.17, 15) is 29.8 Å². The van der Waals surface area contributed by atoms with Gasteiger partial charge in [-0.05, 0) is 44.4 Å². The van der Waals surface area contributed by atoms with E-state index >= 15 is 0 Å². The highest BCUT2D eigenvalue weighted by Crippen LogP contribution is 2.37. The van der Waals surface area contributed by atoms with Crippen molar-refractivity contribution < 1.29 is 24.2 Å². The van der Waals surface area contributed by atoms with Crippen molar-refractivity contribution >= 4 is 39.6 Å². The van der Waals surface area contributed by atoms with Crippen LogP contribution in [-0.4, -0.2) is 28.3 Å². The lowest BCUT2D eigenvalue weighted by Crippen LogP contribution is -2.15. The summed E-state index contributed by atoms with van der Waals surface area (Å²) in [5.74, 6) is -1.47. The number of anilines is 1. The zero-order valence-electron chi connectivity index (χ0n) is 18.8. The van der Waals surface area contributed by atoms with Gasteiger partial charge in [0.05, 0.1) is 22.0 Å². The number of rotatable bonds is 7. The fourth-order valence-electron chi connectivity index (χ4n) is 3.35. The maximum Gasteiger partial charge on any atom is 0.341 e. The first-order valence-corrected chi connectivity index (χ1v) is 11.0. The van der Waals surface area contributed by atoms with Gasteiger partial charge in [-0.1, -0.05) is 18.2 Å². The zero-order chi connectivity index (χ0) is 25.2. The van der Waals surface area contributed by atoms with E-state index in [0.717, 1.165) is 40.2 Å². The first-order chi connectivity index (χ1) is 16.0. The number of nitro groups is 2. The van der Waals surface area contributed by atoms with Gasteiger partial charge in [0.2, 0.25) is 0 Å². The zero-order valence-corrected chi connectivity index (χ0v) is 19.6. The highest BCUT2D eigenvalue weighted by molar-refractivity contribution is 7.15. The third kappa shape index (κ3) is 4.79. The summed E-state index contributed by atoms with van der Waals surface area (Å²) in [5, 5.41) is 27.1. The second-order valence-electron chi connectivity index (χ2n) is 7.48. The smallest absolute Gasteiger partial charge is 0.341 e. The largest absolute Gasteiger partial charge is 0.462 e. The Balaban J connectivity index is 2.07. The van der Waals surface area contributed by atoms with Crippen molar-refractivity contribution in [2.75, 3.05) is 11.9 Å². The van der Waals surface area contributed by atoms with Crippen LogP contribution in [-0.2, 0) is 4.74 Å². The minimum atomic E-state index is -0.828. The van der Waals surface area contributed by atoms with E-state index in [1.54, 1.807) is 12.3 Å². The summed E-state index contributed by atoms with van der Waals surface area (Å²) in [7, 11) is 0. The van der Waals surface area contributed by atoms with E-state index in [1.165, 1.54) is 6.92 Å². The number of ether oxygens (including phenoxy) is 1. The van der Waals surface area contributed by atoms with Crippen molar-refractivity contribution in [2.45, 2.75) is 27.7 Å². The van der Waals surface area contributed by atoms with E-state index in [-0.39, 0.29) is 28.3 Å². The van der Waals surface area contributed by atoms with Crippen LogP contribution in [0.25, 0.3) is 11.1 Å². The molecule has 0 bridgehead atoms. The summed E-state index contributed by atoms with van der Waals surface area (Å²) in [6, 6.07) is 7.63. The first-order valence-electron chi connectivity index (χ1n) is 10.2. The monoisotopic (exact) mass is 483 g/mol. The van der Waals surface area contributed by atoms with Gasteiger partial charge in [-0.25, -0.2) is 4.79 Å². The number of nitro benzene ring substituents is 2. The van der Waals surface area contributed by atoms with Crippen LogP contribution in [0.15, 0.2) is 35.7 Å². The molecule has 0 spiro atoms. The van der Waals surface area contributed by atoms with Crippen LogP contribution < -0.4 is 5.32 Å². The Kier molecular flexibility index (Phi) is 7.06. The lowest BCUT2D eigenvalue weighted by atomic mass is 9.99. The Bertz CT molecular complexity index is 1300. The molecule has 3 rings (SSSR count). The second-order valence-corrected chi connectivity index (χ2v) is 8.36. The molecular weight excluding hydrogens is 462 g/mol. The number of thiophene rings is 1. The Hall–Kier alpha value is -4.12. The van der Waals surface area contributed by atoms with Crippen LogP contribution in [0.2, 0.25) is 0 Å². The summed E-state index contributed by atoms with van der Waals surface area (Å²) >= 11 is 1.08. The predicted molar refractivity (Wildman–Crippen MR) is 128 cm³/mol. The number of esters is 1. The van der Waals surface area contributed by atoms with Gasteiger partial charge in [0.1, 0.15) is 16.1 Å². The van der Waals surface area contributed by atoms with Crippen LogP contribution in [0, 0.1) is 41.0 Å². The van der Waals surface area contributed by atoms with Gasteiger partial charge in [0.15, 0.2) is 0 Å². The number of carbonyl (C=O) groups is 2. The molecule has 0 radical (unpaired) electrons. The Morgan fingerprint density at radius 2 is 1.62 bits per heavy atom. The Labute approximate surface area is 198 Å². The maximum atomic E-state index is 13.0. The molecule has 176 valence electrons. The fraction of sp³-hybridized carbons (Fsp3) is 0.217. The van der Waals surface area contributed by atoms with Crippen LogP contribution in [0.4, 0.5) is 16.4 Å². The molecule has 0 aliphatic heterocycles. The molecule has 0 atom stereocenters. The standard InChI is InChI=1S/C23H21N3O7S/c1-5-33-23(28)20-17(15-7-6-12(2)13(3)8-15)11-34-22(20)24-21(27)16-9-18(25(29)30)14(4)19(10-16)26(31)32/h6-11H,5H2,1-4H3,(H,24,27). The quantitative estimate of drug-likeness (QED) is 0.262. The van der Waals surface area contributed by atoms with Crippen LogP contribution in [0.1, 0.15) is 44.3 Å². The molecule has 34 heavy (non-hydrogen) atoms. The summed E-state index contributed by atoms with van der Waals surface area (Å²) < 4.78 is 5.19. The minimum Gasteiger partial charge on any atom is -0.462 e. The molecule has 1 aromatic heterocycles. The molecule has 0 saturated heterocycles. The van der Waals surface area contributed by atoms with E-state index in [0.29, 0.717) is 5.56 Å². The van der Waals surface area contributed by atoms with Crippen molar-refractivity contribution in [3.05, 3.63) is 83.8 Å². The average molecular weight is 484 g/mol. The third-order valence-corrected chi connectivity index (χ3v) is 6.22. The van der Waals surface area contributed by atoms with Crippen molar-refractivity contribution in [3.63, 3.8) is 0 Å². The second kappa shape index (κ2) is 9.79. The Morgan fingerprint density at radius 3 is 2.15 bits per heavy atom. The summed E-state index contributed by atoms with van der Waals surface area (Å²) in [4.78, 5) is 46.9. The highest BCUT2D eigenvalue weighted by Gasteiger charge is 2.27. The maximum absolute atomic E-state index is 13.0. The molecule has 1 N–H and O–H groups in total. The number of aryl methyl sites for hydroxylation is 2. The molecule has 0 fully saturated rings. The summed E-state index contributed by atoms with van der Waals surface area (Å²) in [6.07, 6.45) is 0. The Morgan fingerprint density at radius 1 is 1.00 bits per heavy atom. The number of benzene rings is 2. The van der Waals surface area contributed by atoms with Gasteiger partial charge in [-0.15, -0.1) is 11.3 Å². The predicted octanol–water partition coefficient (Wildman–Crippen LogP) is 5.59. The van der Waals surface area contributed by atoms with Gasteiger partial charge in [0.25, 0.3) is 17.3 Å². The normalized spacial score (nSPS) is 10.6. The van der Waals surface area contributed by atoms with Crippen LogP contribution >= 0.6 is 11.3 Å². The van der Waals surface area contributed by atoms with E-state index in [2.05, 4.69) is 5.32 Å². The number of amides is 1. The fourth-order valence-corrected chi connectivity index (χ4v) is 4.30. The lowest BCUT2D eigenvalue weighted by Gasteiger charge is -2.10. The molecule has 0 unspecified atom stereocenters. The number of nitrogens with one attached hydrogen (secondary N) is 1. The van der Waals surface area contributed by atoms with Crippen molar-refractivity contribution in [3.8, 4) is 11.1 Å². The van der Waals surface area contributed by atoms with Gasteiger partial charge in [-0.2, -0.15) is 0 Å². The molecule has 0 saturated carbocycles. The van der Waals surface area contributed by atoms with Crippen LogP contribution in [0.5, 0.6) is 0 Å². The number of carbonyl (C=O) groups excluding carboxylic acids is 2. The van der Waals surface area contributed by atoms with Crippen molar-refractivity contribution in [2.24, 2.45) is 0 Å². The van der Waals surface area contributed by atoms with Crippen LogP contribution in [0.3, 0.4) is 0 Å². The van der Waals surface area contributed by atoms with Gasteiger partial charge in [0, 0.05) is 23.1 Å². The average Bonchev–Trinajstić information content (AvgIpc) is 3.19. The molecule has 3 aromatic rings. The molecule has 2 aromatic carbocycles. The minimum absolute atomic E-state index is 0.116. The molecule has 1 amide bonds. The van der Waals surface area contributed by atoms with Gasteiger partial charge >= 0.3 is 5.97 Å².